The highest BCUT2D eigenvalue weighted by Gasteiger charge is 2.35. The molecule has 0 aliphatic carbocycles. The third kappa shape index (κ3) is 5.00. The Hall–Kier alpha value is -1.40. The number of nitrogens with zero attached hydrogens (tertiary/aromatic N) is 1. The quantitative estimate of drug-likeness (QED) is 0.837. The molecule has 1 saturated heterocycles. The van der Waals surface area contributed by atoms with Crippen LogP contribution >= 0.6 is 0 Å². The highest BCUT2D eigenvalue weighted by atomic mass is 19.3. The molecule has 7 heteroatoms. The van der Waals surface area contributed by atoms with E-state index in [4.69, 9.17) is 4.74 Å². The van der Waals surface area contributed by atoms with Gasteiger partial charge in [-0.1, -0.05) is 0 Å². The third-order valence-electron chi connectivity index (χ3n) is 2.58. The van der Waals surface area contributed by atoms with Gasteiger partial charge in [-0.2, -0.15) is 0 Å². The monoisotopic (exact) mass is 278 g/mol. The van der Waals surface area contributed by atoms with Crippen molar-refractivity contribution in [1.82, 2.24) is 10.2 Å². The molecule has 0 saturated carbocycles. The number of hydrogen-bond donors (Lipinski definition) is 1. The van der Waals surface area contributed by atoms with Crippen LogP contribution in [-0.2, 0) is 9.53 Å². The molecular formula is C12H20F2N2O3. The first kappa shape index (κ1) is 15.7. The number of carbonyl (C=O) groups is 2. The van der Waals surface area contributed by atoms with E-state index in [-0.39, 0.29) is 6.54 Å². The number of amides is 2. The maximum absolute atomic E-state index is 12.5. The molecule has 1 aliphatic heterocycles. The zero-order valence-corrected chi connectivity index (χ0v) is 11.4. The van der Waals surface area contributed by atoms with Gasteiger partial charge in [-0.3, -0.25) is 9.69 Å². The summed E-state index contributed by atoms with van der Waals surface area (Å²) in [7, 11) is 0. The lowest BCUT2D eigenvalue weighted by atomic mass is 10.1. The van der Waals surface area contributed by atoms with Crippen molar-refractivity contribution in [3.63, 3.8) is 0 Å². The van der Waals surface area contributed by atoms with Crippen LogP contribution in [0.5, 0.6) is 0 Å². The molecule has 0 aromatic rings. The van der Waals surface area contributed by atoms with Crippen molar-refractivity contribution < 1.29 is 23.1 Å². The molecule has 1 fully saturated rings. The Morgan fingerprint density at radius 1 is 1.53 bits per heavy atom. The molecule has 1 heterocycles. The van der Waals surface area contributed by atoms with Crippen LogP contribution in [-0.4, -0.2) is 48.1 Å². The van der Waals surface area contributed by atoms with Gasteiger partial charge in [-0.25, -0.2) is 13.6 Å². The molecule has 1 atom stereocenters. The lowest BCUT2D eigenvalue weighted by Gasteiger charge is -2.30. The number of halogens is 2. The van der Waals surface area contributed by atoms with Gasteiger partial charge in [0.05, 0.1) is 0 Å². The van der Waals surface area contributed by atoms with E-state index >= 15 is 0 Å². The third-order valence-corrected chi connectivity index (χ3v) is 2.58. The van der Waals surface area contributed by atoms with E-state index in [9.17, 15) is 18.4 Å². The van der Waals surface area contributed by atoms with Gasteiger partial charge in [0, 0.05) is 19.5 Å². The fraction of sp³-hybridized carbons (Fsp3) is 0.833. The Bertz CT molecular complexity index is 342. The molecule has 0 bridgehead atoms. The van der Waals surface area contributed by atoms with Crippen LogP contribution in [0.3, 0.4) is 0 Å². The minimum Gasteiger partial charge on any atom is -0.444 e. The number of rotatable bonds is 2. The Kier molecular flexibility index (Phi) is 5.08. The average Bonchev–Trinajstić information content (AvgIpc) is 2.39. The summed E-state index contributed by atoms with van der Waals surface area (Å²) in [5, 5.41) is 2.53. The van der Waals surface area contributed by atoms with Crippen molar-refractivity contribution >= 4 is 12.0 Å². The van der Waals surface area contributed by atoms with Crippen molar-refractivity contribution in [2.45, 2.75) is 51.7 Å². The van der Waals surface area contributed by atoms with E-state index in [0.717, 1.165) is 4.90 Å². The van der Waals surface area contributed by atoms with Crippen LogP contribution in [0.25, 0.3) is 0 Å². The maximum Gasteiger partial charge on any atom is 0.410 e. The second-order valence-corrected chi connectivity index (χ2v) is 5.46. The predicted molar refractivity (Wildman–Crippen MR) is 65.0 cm³/mol. The first-order valence-electron chi connectivity index (χ1n) is 6.26. The maximum atomic E-state index is 12.5. The van der Waals surface area contributed by atoms with Crippen LogP contribution in [0.4, 0.5) is 13.6 Å². The van der Waals surface area contributed by atoms with E-state index in [1.807, 2.05) is 0 Å². The summed E-state index contributed by atoms with van der Waals surface area (Å²) in [4.78, 5) is 24.8. The van der Waals surface area contributed by atoms with Gasteiger partial charge in [0.25, 0.3) is 0 Å². The second-order valence-electron chi connectivity index (χ2n) is 5.46. The number of alkyl halides is 2. The number of ether oxygens (including phenoxy) is 1. The average molecular weight is 278 g/mol. The SMILES string of the molecule is CC(C)(C)OC(=O)N1CCCNC(=O)C1CC(F)F. The fourth-order valence-electron chi connectivity index (χ4n) is 1.82. The molecule has 19 heavy (non-hydrogen) atoms. The number of nitrogens with one attached hydrogen (secondary N) is 1. The van der Waals surface area contributed by atoms with Crippen LogP contribution < -0.4 is 5.32 Å². The van der Waals surface area contributed by atoms with E-state index in [0.29, 0.717) is 13.0 Å². The van der Waals surface area contributed by atoms with Gasteiger partial charge in [0.15, 0.2) is 0 Å². The van der Waals surface area contributed by atoms with Crippen molar-refractivity contribution in [2.75, 3.05) is 13.1 Å². The number of hydrogen-bond acceptors (Lipinski definition) is 3. The second kappa shape index (κ2) is 6.16. The standard InChI is InChI=1S/C12H20F2N2O3/c1-12(2,3)19-11(18)16-6-4-5-15-10(17)8(16)7-9(13)14/h8-9H,4-7H2,1-3H3,(H,15,17). The van der Waals surface area contributed by atoms with Crippen molar-refractivity contribution in [3.05, 3.63) is 0 Å². The highest BCUT2D eigenvalue weighted by molar-refractivity contribution is 5.86. The Morgan fingerprint density at radius 2 is 2.16 bits per heavy atom. The summed E-state index contributed by atoms with van der Waals surface area (Å²) in [6.07, 6.45) is -3.54. The molecule has 110 valence electrons. The minimum absolute atomic E-state index is 0.227. The largest absolute Gasteiger partial charge is 0.444 e. The highest BCUT2D eigenvalue weighted by Crippen LogP contribution is 2.18. The normalized spacial score (nSPS) is 21.1. The van der Waals surface area contributed by atoms with Gasteiger partial charge in [-0.05, 0) is 27.2 Å². The Balaban J connectivity index is 2.84. The fourth-order valence-corrected chi connectivity index (χ4v) is 1.82. The van der Waals surface area contributed by atoms with Gasteiger partial charge < -0.3 is 10.1 Å². The summed E-state index contributed by atoms with van der Waals surface area (Å²) in [6.45, 7) is 5.66. The number of carbonyl (C=O) groups excluding carboxylic acids is 2. The van der Waals surface area contributed by atoms with Crippen LogP contribution in [0.15, 0.2) is 0 Å². The van der Waals surface area contributed by atoms with Crippen LogP contribution in [0.1, 0.15) is 33.6 Å². The van der Waals surface area contributed by atoms with Crippen LogP contribution in [0, 0.1) is 0 Å². The van der Waals surface area contributed by atoms with Gasteiger partial charge in [0.1, 0.15) is 11.6 Å². The van der Waals surface area contributed by atoms with Gasteiger partial charge >= 0.3 is 6.09 Å². The molecule has 1 rings (SSSR count). The summed E-state index contributed by atoms with van der Waals surface area (Å²) in [5.41, 5.74) is -0.727. The van der Waals surface area contributed by atoms with E-state index in [2.05, 4.69) is 5.32 Å². The van der Waals surface area contributed by atoms with Crippen LogP contribution in [0.2, 0.25) is 0 Å². The van der Waals surface area contributed by atoms with E-state index < -0.39 is 36.5 Å². The van der Waals surface area contributed by atoms with Gasteiger partial charge in [-0.15, -0.1) is 0 Å². The molecule has 1 unspecified atom stereocenters. The topological polar surface area (TPSA) is 58.6 Å². The van der Waals surface area contributed by atoms with Gasteiger partial charge in [0.2, 0.25) is 12.3 Å². The Labute approximate surface area is 111 Å². The first-order chi connectivity index (χ1) is 8.70. The Morgan fingerprint density at radius 3 is 2.68 bits per heavy atom. The van der Waals surface area contributed by atoms with E-state index in [1.54, 1.807) is 20.8 Å². The molecule has 2 amide bonds. The smallest absolute Gasteiger partial charge is 0.410 e. The molecule has 5 nitrogen and oxygen atoms in total. The predicted octanol–water partition coefficient (Wildman–Crippen LogP) is 1.77. The minimum atomic E-state index is -2.65. The molecular weight excluding hydrogens is 258 g/mol. The van der Waals surface area contributed by atoms with Crippen molar-refractivity contribution in [2.24, 2.45) is 0 Å². The summed E-state index contributed by atoms with van der Waals surface area (Å²) >= 11 is 0. The zero-order valence-electron chi connectivity index (χ0n) is 11.4. The molecule has 1 N–H and O–H groups in total. The summed E-state index contributed by atoms with van der Waals surface area (Å²) in [6, 6.07) is -1.17. The van der Waals surface area contributed by atoms with E-state index in [1.165, 1.54) is 0 Å². The summed E-state index contributed by atoms with van der Waals surface area (Å²) in [5.74, 6) is -0.552. The molecule has 0 aromatic carbocycles. The molecule has 0 aromatic heterocycles. The molecule has 0 spiro atoms. The lowest BCUT2D eigenvalue weighted by Crippen LogP contribution is -2.49. The lowest BCUT2D eigenvalue weighted by molar-refractivity contribution is -0.126. The van der Waals surface area contributed by atoms with Crippen molar-refractivity contribution in [1.29, 1.82) is 0 Å². The molecule has 1 aliphatic rings. The summed E-state index contributed by atoms with van der Waals surface area (Å²) < 4.78 is 30.2. The first-order valence-corrected chi connectivity index (χ1v) is 6.26. The van der Waals surface area contributed by atoms with Crippen molar-refractivity contribution in [3.8, 4) is 0 Å². The zero-order chi connectivity index (χ0) is 14.6. The molecule has 0 radical (unpaired) electrons.